The average Bonchev–Trinajstić information content (AvgIpc) is 2.68. The van der Waals surface area contributed by atoms with E-state index >= 15 is 0 Å². The smallest absolute Gasteiger partial charge is 0.251 e. The third-order valence-electron chi connectivity index (χ3n) is 4.11. The van der Waals surface area contributed by atoms with Crippen molar-refractivity contribution in [3.8, 4) is 11.6 Å². The standard InChI is InChI=1S/C22H20FN3O3/c1-14-8-9-16(11-20(14)26-15(2)27)21(28)25-13-17-5-4-10-24-22(17)29-19-7-3-6-18(23)12-19/h3-12H,13H2,1-2H3,(H,25,28)(H,26,27). The van der Waals surface area contributed by atoms with Crippen molar-refractivity contribution in [2.24, 2.45) is 0 Å². The van der Waals surface area contributed by atoms with Gasteiger partial charge in [0.1, 0.15) is 11.6 Å². The lowest BCUT2D eigenvalue weighted by molar-refractivity contribution is -0.114. The lowest BCUT2D eigenvalue weighted by Gasteiger charge is -2.12. The highest BCUT2D eigenvalue weighted by Gasteiger charge is 2.12. The zero-order chi connectivity index (χ0) is 20.8. The van der Waals surface area contributed by atoms with Gasteiger partial charge in [0, 0.05) is 42.5 Å². The van der Waals surface area contributed by atoms with Crippen LogP contribution in [0.25, 0.3) is 0 Å². The number of carbonyl (C=O) groups excluding carboxylic acids is 2. The first-order chi connectivity index (χ1) is 13.9. The number of ether oxygens (including phenoxy) is 1. The van der Waals surface area contributed by atoms with Crippen LogP contribution in [0.5, 0.6) is 11.6 Å². The molecule has 7 heteroatoms. The van der Waals surface area contributed by atoms with Crippen molar-refractivity contribution < 1.29 is 18.7 Å². The molecule has 0 radical (unpaired) electrons. The molecular weight excluding hydrogens is 373 g/mol. The van der Waals surface area contributed by atoms with Gasteiger partial charge in [0.15, 0.2) is 0 Å². The summed E-state index contributed by atoms with van der Waals surface area (Å²) >= 11 is 0. The highest BCUT2D eigenvalue weighted by Crippen LogP contribution is 2.23. The van der Waals surface area contributed by atoms with E-state index in [9.17, 15) is 14.0 Å². The number of benzene rings is 2. The van der Waals surface area contributed by atoms with Gasteiger partial charge in [-0.15, -0.1) is 0 Å². The topological polar surface area (TPSA) is 80.3 Å². The summed E-state index contributed by atoms with van der Waals surface area (Å²) in [6.45, 7) is 3.42. The first-order valence-corrected chi connectivity index (χ1v) is 8.96. The number of carbonyl (C=O) groups is 2. The minimum absolute atomic E-state index is 0.167. The van der Waals surface area contributed by atoms with E-state index in [4.69, 9.17) is 4.74 Å². The molecule has 0 spiro atoms. The number of nitrogens with one attached hydrogen (secondary N) is 2. The second-order valence-corrected chi connectivity index (χ2v) is 6.42. The molecule has 1 heterocycles. The maximum Gasteiger partial charge on any atom is 0.251 e. The number of anilines is 1. The van der Waals surface area contributed by atoms with E-state index in [1.807, 2.05) is 6.92 Å². The molecule has 0 bridgehead atoms. The summed E-state index contributed by atoms with van der Waals surface area (Å²) < 4.78 is 19.0. The largest absolute Gasteiger partial charge is 0.439 e. The van der Waals surface area contributed by atoms with E-state index in [-0.39, 0.29) is 24.2 Å². The average molecular weight is 393 g/mol. The summed E-state index contributed by atoms with van der Waals surface area (Å²) in [5.74, 6) is -0.337. The van der Waals surface area contributed by atoms with Gasteiger partial charge in [-0.2, -0.15) is 0 Å². The van der Waals surface area contributed by atoms with E-state index < -0.39 is 5.82 Å². The molecule has 2 N–H and O–H groups in total. The van der Waals surface area contributed by atoms with Gasteiger partial charge in [-0.1, -0.05) is 18.2 Å². The maximum atomic E-state index is 13.4. The molecule has 0 fully saturated rings. The van der Waals surface area contributed by atoms with Gasteiger partial charge in [-0.25, -0.2) is 9.37 Å². The zero-order valence-electron chi connectivity index (χ0n) is 16.0. The van der Waals surface area contributed by atoms with Crippen molar-refractivity contribution in [3.05, 3.63) is 83.3 Å². The normalized spacial score (nSPS) is 10.3. The molecule has 0 saturated heterocycles. The summed E-state index contributed by atoms with van der Waals surface area (Å²) in [6, 6.07) is 14.3. The Morgan fingerprint density at radius 1 is 1.10 bits per heavy atom. The predicted octanol–water partition coefficient (Wildman–Crippen LogP) is 4.21. The lowest BCUT2D eigenvalue weighted by atomic mass is 10.1. The van der Waals surface area contributed by atoms with E-state index in [1.165, 1.54) is 19.1 Å². The summed E-state index contributed by atoms with van der Waals surface area (Å²) in [5.41, 5.74) is 2.49. The van der Waals surface area contributed by atoms with Gasteiger partial charge in [-0.05, 0) is 42.8 Å². The molecule has 1 aromatic heterocycles. The van der Waals surface area contributed by atoms with Crippen LogP contribution in [0.3, 0.4) is 0 Å². The Balaban J connectivity index is 1.72. The Kier molecular flexibility index (Phi) is 6.19. The Bertz CT molecular complexity index is 1050. The van der Waals surface area contributed by atoms with E-state index in [1.54, 1.807) is 48.7 Å². The van der Waals surface area contributed by atoms with Crippen LogP contribution < -0.4 is 15.4 Å². The van der Waals surface area contributed by atoms with Crippen LogP contribution in [0, 0.1) is 12.7 Å². The molecule has 0 aliphatic heterocycles. The van der Waals surface area contributed by atoms with Crippen LogP contribution in [0.15, 0.2) is 60.8 Å². The van der Waals surface area contributed by atoms with Crippen LogP contribution in [-0.4, -0.2) is 16.8 Å². The molecule has 2 amide bonds. The van der Waals surface area contributed by atoms with E-state index in [2.05, 4.69) is 15.6 Å². The van der Waals surface area contributed by atoms with Crippen molar-refractivity contribution in [1.82, 2.24) is 10.3 Å². The summed E-state index contributed by atoms with van der Waals surface area (Å²) in [6.07, 6.45) is 1.56. The molecule has 6 nitrogen and oxygen atoms in total. The Morgan fingerprint density at radius 2 is 1.93 bits per heavy atom. The SMILES string of the molecule is CC(=O)Nc1cc(C(=O)NCc2cccnc2Oc2cccc(F)c2)ccc1C. The zero-order valence-corrected chi connectivity index (χ0v) is 16.0. The van der Waals surface area contributed by atoms with Gasteiger partial charge in [-0.3, -0.25) is 9.59 Å². The fourth-order valence-corrected chi connectivity index (χ4v) is 2.66. The van der Waals surface area contributed by atoms with Gasteiger partial charge in [0.25, 0.3) is 5.91 Å². The van der Waals surface area contributed by atoms with Crippen LogP contribution in [0.2, 0.25) is 0 Å². The van der Waals surface area contributed by atoms with Gasteiger partial charge in [0.05, 0.1) is 0 Å². The number of aromatic nitrogens is 1. The lowest BCUT2D eigenvalue weighted by Crippen LogP contribution is -2.23. The first-order valence-electron chi connectivity index (χ1n) is 8.96. The van der Waals surface area contributed by atoms with Crippen molar-refractivity contribution >= 4 is 17.5 Å². The molecule has 2 aromatic carbocycles. The molecule has 0 saturated carbocycles. The summed E-state index contributed by atoms with van der Waals surface area (Å²) in [5, 5.41) is 5.51. The Labute approximate surface area is 167 Å². The fourth-order valence-electron chi connectivity index (χ4n) is 2.66. The Hall–Kier alpha value is -3.74. The highest BCUT2D eigenvalue weighted by atomic mass is 19.1. The monoisotopic (exact) mass is 393 g/mol. The molecule has 3 aromatic rings. The molecule has 0 aliphatic carbocycles. The first kappa shape index (κ1) is 20.0. The second-order valence-electron chi connectivity index (χ2n) is 6.42. The summed E-state index contributed by atoms with van der Waals surface area (Å²) in [7, 11) is 0. The third-order valence-corrected chi connectivity index (χ3v) is 4.11. The number of amides is 2. The van der Waals surface area contributed by atoms with E-state index in [0.29, 0.717) is 22.6 Å². The predicted molar refractivity (Wildman–Crippen MR) is 107 cm³/mol. The highest BCUT2D eigenvalue weighted by molar-refractivity contribution is 5.97. The van der Waals surface area contributed by atoms with E-state index in [0.717, 1.165) is 5.56 Å². The number of aryl methyl sites for hydroxylation is 1. The van der Waals surface area contributed by atoms with Gasteiger partial charge < -0.3 is 15.4 Å². The number of halogens is 1. The molecule has 29 heavy (non-hydrogen) atoms. The number of hydrogen-bond donors (Lipinski definition) is 2. The van der Waals surface area contributed by atoms with Crippen molar-refractivity contribution in [2.45, 2.75) is 20.4 Å². The van der Waals surface area contributed by atoms with Crippen LogP contribution in [-0.2, 0) is 11.3 Å². The molecule has 0 atom stereocenters. The minimum atomic E-state index is -0.414. The Morgan fingerprint density at radius 3 is 2.69 bits per heavy atom. The fraction of sp³-hybridized carbons (Fsp3) is 0.136. The van der Waals surface area contributed by atoms with Crippen LogP contribution in [0.1, 0.15) is 28.4 Å². The number of pyridine rings is 1. The molecule has 0 aliphatic rings. The van der Waals surface area contributed by atoms with Crippen molar-refractivity contribution in [2.75, 3.05) is 5.32 Å². The number of hydrogen-bond acceptors (Lipinski definition) is 4. The maximum absolute atomic E-state index is 13.4. The number of nitrogens with zero attached hydrogens (tertiary/aromatic N) is 1. The van der Waals surface area contributed by atoms with Crippen molar-refractivity contribution in [1.29, 1.82) is 0 Å². The quantitative estimate of drug-likeness (QED) is 0.657. The molecule has 3 rings (SSSR count). The molecule has 0 unspecified atom stereocenters. The van der Waals surface area contributed by atoms with Crippen LogP contribution >= 0.6 is 0 Å². The van der Waals surface area contributed by atoms with Gasteiger partial charge >= 0.3 is 0 Å². The minimum Gasteiger partial charge on any atom is -0.439 e. The van der Waals surface area contributed by atoms with Crippen molar-refractivity contribution in [3.63, 3.8) is 0 Å². The van der Waals surface area contributed by atoms with Gasteiger partial charge in [0.2, 0.25) is 11.8 Å². The third kappa shape index (κ3) is 5.38. The second kappa shape index (κ2) is 8.97. The van der Waals surface area contributed by atoms with Crippen LogP contribution in [0.4, 0.5) is 10.1 Å². The number of rotatable bonds is 6. The molecular formula is C22H20FN3O3. The summed E-state index contributed by atoms with van der Waals surface area (Å²) in [4.78, 5) is 28.0. The molecule has 148 valence electrons.